The lowest BCUT2D eigenvalue weighted by Crippen LogP contribution is -2.27. The molecule has 0 saturated carbocycles. The second-order valence-electron chi connectivity index (χ2n) is 6.41. The molecule has 0 aliphatic rings. The van der Waals surface area contributed by atoms with Gasteiger partial charge in [0.25, 0.3) is 5.22 Å². The number of carbonyl (C=O) groups excluding carboxylic acids is 1. The fraction of sp³-hybridized carbons (Fsp3) is 0.318. The molecule has 1 N–H and O–H groups in total. The van der Waals surface area contributed by atoms with E-state index in [-0.39, 0.29) is 11.7 Å². The highest BCUT2D eigenvalue weighted by Gasteiger charge is 2.12. The van der Waals surface area contributed by atoms with Crippen LogP contribution in [0.25, 0.3) is 11.5 Å². The van der Waals surface area contributed by atoms with E-state index in [4.69, 9.17) is 18.6 Å². The van der Waals surface area contributed by atoms with E-state index in [0.29, 0.717) is 42.2 Å². The molecule has 0 radical (unpaired) electrons. The molecule has 2 aromatic carbocycles. The molecule has 8 nitrogen and oxygen atoms in total. The van der Waals surface area contributed by atoms with Gasteiger partial charge in [-0.1, -0.05) is 17.8 Å². The average molecular weight is 444 g/mol. The monoisotopic (exact) mass is 443 g/mol. The second-order valence-corrected chi connectivity index (χ2v) is 7.34. The zero-order chi connectivity index (χ0) is 22.1. The number of carbonyl (C=O) groups is 1. The van der Waals surface area contributed by atoms with Crippen molar-refractivity contribution in [1.29, 1.82) is 0 Å². The molecule has 0 saturated heterocycles. The number of nitrogens with zero attached hydrogens (tertiary/aromatic N) is 2. The van der Waals surface area contributed by atoms with Gasteiger partial charge in [0.2, 0.25) is 11.8 Å². The summed E-state index contributed by atoms with van der Waals surface area (Å²) in [6, 6.07) is 13.1. The van der Waals surface area contributed by atoms with E-state index in [2.05, 4.69) is 15.5 Å². The van der Waals surface area contributed by atoms with Gasteiger partial charge in [-0.25, -0.2) is 0 Å². The molecular weight excluding hydrogens is 418 g/mol. The van der Waals surface area contributed by atoms with Crippen LogP contribution in [0.1, 0.15) is 12.5 Å². The predicted molar refractivity (Wildman–Crippen MR) is 118 cm³/mol. The highest BCUT2D eigenvalue weighted by Crippen LogP contribution is 2.28. The molecule has 0 aliphatic carbocycles. The van der Waals surface area contributed by atoms with Crippen molar-refractivity contribution in [3.8, 4) is 28.7 Å². The molecule has 1 heterocycles. The number of ether oxygens (including phenoxy) is 3. The lowest BCUT2D eigenvalue weighted by molar-refractivity contribution is -0.118. The molecule has 0 atom stereocenters. The van der Waals surface area contributed by atoms with Gasteiger partial charge in [-0.3, -0.25) is 4.79 Å². The van der Waals surface area contributed by atoms with Gasteiger partial charge >= 0.3 is 0 Å². The number of aromatic nitrogens is 2. The molecule has 3 aromatic rings. The highest BCUT2D eigenvalue weighted by atomic mass is 32.2. The highest BCUT2D eigenvalue weighted by molar-refractivity contribution is 7.99. The maximum atomic E-state index is 12.1. The number of nitrogens with one attached hydrogen (secondary N) is 1. The van der Waals surface area contributed by atoms with Crippen LogP contribution in [-0.4, -0.2) is 49.2 Å². The molecule has 0 unspecified atom stereocenters. The zero-order valence-corrected chi connectivity index (χ0v) is 18.5. The molecule has 0 aliphatic heterocycles. The molecule has 1 aromatic heterocycles. The predicted octanol–water partition coefficient (Wildman–Crippen LogP) is 3.60. The fourth-order valence-electron chi connectivity index (χ4n) is 2.81. The molecule has 164 valence electrons. The topological polar surface area (TPSA) is 95.7 Å². The Morgan fingerprint density at radius 1 is 1.06 bits per heavy atom. The van der Waals surface area contributed by atoms with Crippen molar-refractivity contribution >= 4 is 17.7 Å². The Balaban J connectivity index is 1.44. The van der Waals surface area contributed by atoms with Crippen LogP contribution in [0.15, 0.2) is 52.1 Å². The zero-order valence-electron chi connectivity index (χ0n) is 17.7. The Hall–Kier alpha value is -3.20. The number of rotatable bonds is 11. The van der Waals surface area contributed by atoms with E-state index >= 15 is 0 Å². The number of thioether (sulfide) groups is 1. The smallest absolute Gasteiger partial charge is 0.277 e. The van der Waals surface area contributed by atoms with Crippen molar-refractivity contribution in [1.82, 2.24) is 15.5 Å². The lowest BCUT2D eigenvalue weighted by Gasteiger charge is -2.10. The van der Waals surface area contributed by atoms with Crippen molar-refractivity contribution in [2.75, 3.05) is 33.1 Å². The molecule has 31 heavy (non-hydrogen) atoms. The summed E-state index contributed by atoms with van der Waals surface area (Å²) in [5.74, 6) is 2.62. The van der Waals surface area contributed by atoms with Crippen LogP contribution >= 0.6 is 11.8 Å². The summed E-state index contributed by atoms with van der Waals surface area (Å²) in [5.41, 5.74) is 1.84. The molecule has 0 fully saturated rings. The summed E-state index contributed by atoms with van der Waals surface area (Å²) >= 11 is 1.20. The third-order valence-electron chi connectivity index (χ3n) is 4.33. The van der Waals surface area contributed by atoms with Gasteiger partial charge in [-0.15, -0.1) is 10.2 Å². The van der Waals surface area contributed by atoms with E-state index in [1.807, 2.05) is 49.4 Å². The van der Waals surface area contributed by atoms with Crippen LogP contribution < -0.4 is 19.5 Å². The Morgan fingerprint density at radius 2 is 1.84 bits per heavy atom. The molecule has 0 bridgehead atoms. The van der Waals surface area contributed by atoms with Gasteiger partial charge in [0.15, 0.2) is 11.5 Å². The Labute approximate surface area is 185 Å². The van der Waals surface area contributed by atoms with Gasteiger partial charge in [-0.2, -0.15) is 0 Å². The van der Waals surface area contributed by atoms with Gasteiger partial charge < -0.3 is 23.9 Å². The van der Waals surface area contributed by atoms with Crippen LogP contribution in [0, 0.1) is 0 Å². The maximum Gasteiger partial charge on any atom is 0.277 e. The van der Waals surface area contributed by atoms with Crippen LogP contribution in [0.4, 0.5) is 0 Å². The summed E-state index contributed by atoms with van der Waals surface area (Å²) in [6.07, 6.45) is 0.680. The van der Waals surface area contributed by atoms with Crippen LogP contribution in [0.3, 0.4) is 0 Å². The average Bonchev–Trinajstić information content (AvgIpc) is 3.27. The van der Waals surface area contributed by atoms with Crippen LogP contribution in [-0.2, 0) is 11.2 Å². The van der Waals surface area contributed by atoms with E-state index in [1.54, 1.807) is 14.2 Å². The van der Waals surface area contributed by atoms with Crippen molar-refractivity contribution in [3.63, 3.8) is 0 Å². The minimum atomic E-state index is -0.105. The van der Waals surface area contributed by atoms with Gasteiger partial charge in [-0.05, 0) is 55.3 Å². The third-order valence-corrected chi connectivity index (χ3v) is 5.15. The molecule has 9 heteroatoms. The first-order valence-corrected chi connectivity index (χ1v) is 10.8. The SMILES string of the molecule is CCOc1ccc(-c2nnc(SCC(=O)NCCc3ccc(OC)c(OC)c3)o2)cc1. The number of methoxy groups -OCH3 is 2. The second kappa shape index (κ2) is 11.3. The first kappa shape index (κ1) is 22.5. The summed E-state index contributed by atoms with van der Waals surface area (Å²) < 4.78 is 21.6. The summed E-state index contributed by atoms with van der Waals surface area (Å²) in [7, 11) is 3.19. The number of hydrogen-bond donors (Lipinski definition) is 1. The number of hydrogen-bond acceptors (Lipinski definition) is 8. The molecule has 3 rings (SSSR count). The van der Waals surface area contributed by atoms with Crippen molar-refractivity contribution in [2.24, 2.45) is 0 Å². The minimum Gasteiger partial charge on any atom is -0.494 e. The van der Waals surface area contributed by atoms with Gasteiger partial charge in [0.05, 0.1) is 26.6 Å². The van der Waals surface area contributed by atoms with E-state index in [9.17, 15) is 4.79 Å². The number of amides is 1. The summed E-state index contributed by atoms with van der Waals surface area (Å²) in [5, 5.41) is 11.3. The lowest BCUT2D eigenvalue weighted by atomic mass is 10.1. The van der Waals surface area contributed by atoms with E-state index < -0.39 is 0 Å². The van der Waals surface area contributed by atoms with Crippen molar-refractivity contribution in [2.45, 2.75) is 18.6 Å². The van der Waals surface area contributed by atoms with Crippen molar-refractivity contribution in [3.05, 3.63) is 48.0 Å². The van der Waals surface area contributed by atoms with Crippen LogP contribution in [0.5, 0.6) is 17.2 Å². The molecule has 1 amide bonds. The Kier molecular flexibility index (Phi) is 8.17. The maximum absolute atomic E-state index is 12.1. The van der Waals surface area contributed by atoms with Crippen LogP contribution in [0.2, 0.25) is 0 Å². The number of benzene rings is 2. The van der Waals surface area contributed by atoms with Gasteiger partial charge in [0, 0.05) is 12.1 Å². The summed E-state index contributed by atoms with van der Waals surface area (Å²) in [6.45, 7) is 3.05. The molecule has 0 spiro atoms. The third kappa shape index (κ3) is 6.39. The molecular formula is C22H25N3O5S. The fourth-order valence-corrected chi connectivity index (χ4v) is 3.40. The standard InChI is InChI=1S/C22H25N3O5S/c1-4-29-17-8-6-16(7-9-17)21-24-25-22(30-21)31-14-20(26)23-12-11-15-5-10-18(27-2)19(13-15)28-3/h5-10,13H,4,11-12,14H2,1-3H3,(H,23,26). The van der Waals surface area contributed by atoms with E-state index in [0.717, 1.165) is 16.9 Å². The summed E-state index contributed by atoms with van der Waals surface area (Å²) in [4.78, 5) is 12.1. The minimum absolute atomic E-state index is 0.105. The largest absolute Gasteiger partial charge is 0.494 e. The quantitative estimate of drug-likeness (QED) is 0.449. The normalized spacial score (nSPS) is 10.5. The van der Waals surface area contributed by atoms with Gasteiger partial charge in [0.1, 0.15) is 5.75 Å². The van der Waals surface area contributed by atoms with E-state index in [1.165, 1.54) is 11.8 Å². The Bertz CT molecular complexity index is 991. The Morgan fingerprint density at radius 3 is 2.55 bits per heavy atom. The van der Waals surface area contributed by atoms with Crippen molar-refractivity contribution < 1.29 is 23.4 Å². The first-order valence-electron chi connectivity index (χ1n) is 9.80. The first-order chi connectivity index (χ1) is 15.1.